The van der Waals surface area contributed by atoms with Crippen molar-refractivity contribution < 1.29 is 4.39 Å². The van der Waals surface area contributed by atoms with E-state index in [0.717, 1.165) is 11.1 Å². The van der Waals surface area contributed by atoms with Crippen molar-refractivity contribution in [2.45, 2.75) is 19.4 Å². The molecule has 1 unspecified atom stereocenters. The summed E-state index contributed by atoms with van der Waals surface area (Å²) < 4.78 is 14.8. The fourth-order valence-corrected chi connectivity index (χ4v) is 2.61. The molecule has 0 saturated heterocycles. The third-order valence-electron chi connectivity index (χ3n) is 3.33. The van der Waals surface area contributed by atoms with Gasteiger partial charge in [-0.2, -0.15) is 0 Å². The highest BCUT2D eigenvalue weighted by molar-refractivity contribution is 9.10. The van der Waals surface area contributed by atoms with Crippen LogP contribution >= 0.6 is 27.5 Å². The fraction of sp³-hybridized carbons (Fsp3) is 0.200. The van der Waals surface area contributed by atoms with E-state index in [0.29, 0.717) is 16.5 Å². The summed E-state index contributed by atoms with van der Waals surface area (Å²) in [4.78, 5) is 0. The molecule has 0 aliphatic rings. The summed E-state index contributed by atoms with van der Waals surface area (Å²) in [6, 6.07) is 11.0. The van der Waals surface area contributed by atoms with E-state index in [1.807, 2.05) is 31.2 Å². The Balaban J connectivity index is 2.34. The first-order valence-electron chi connectivity index (χ1n) is 6.18. The van der Waals surface area contributed by atoms with Crippen LogP contribution < -0.4 is 11.3 Å². The van der Waals surface area contributed by atoms with Crippen molar-refractivity contribution in [1.82, 2.24) is 5.43 Å². The van der Waals surface area contributed by atoms with Gasteiger partial charge >= 0.3 is 0 Å². The maximum absolute atomic E-state index is 14.2. The number of aryl methyl sites for hydroxylation is 1. The molecular formula is C15H15BrClFN2. The van der Waals surface area contributed by atoms with Crippen LogP contribution in [0.3, 0.4) is 0 Å². The highest BCUT2D eigenvalue weighted by Gasteiger charge is 2.19. The zero-order chi connectivity index (χ0) is 14.7. The Hall–Kier alpha value is -0.940. The van der Waals surface area contributed by atoms with Crippen molar-refractivity contribution >= 4 is 27.5 Å². The van der Waals surface area contributed by atoms with Crippen molar-refractivity contribution in [2.24, 2.45) is 5.84 Å². The van der Waals surface area contributed by atoms with Crippen LogP contribution in [0.25, 0.3) is 0 Å². The molecule has 106 valence electrons. The fourth-order valence-electron chi connectivity index (χ4n) is 2.13. The lowest BCUT2D eigenvalue weighted by Gasteiger charge is -2.19. The standard InChI is InChI=1S/C15H15BrClFN2/c1-9-4-2-3-5-10(9)8-13(20-19)11-6-7-12(16)14(17)15(11)18/h2-7,13,20H,8,19H2,1H3. The molecule has 5 heteroatoms. The molecule has 0 bridgehead atoms. The van der Waals surface area contributed by atoms with Gasteiger partial charge in [0.25, 0.3) is 0 Å². The summed E-state index contributed by atoms with van der Waals surface area (Å²) in [6.07, 6.45) is 0.595. The van der Waals surface area contributed by atoms with E-state index in [1.165, 1.54) is 0 Å². The van der Waals surface area contributed by atoms with E-state index >= 15 is 0 Å². The Bertz CT molecular complexity index is 619. The number of rotatable bonds is 4. The first kappa shape index (κ1) is 15.4. The van der Waals surface area contributed by atoms with E-state index in [1.54, 1.807) is 12.1 Å². The number of hydrazine groups is 1. The molecular weight excluding hydrogens is 343 g/mol. The number of benzene rings is 2. The Morgan fingerprint density at radius 1 is 1.30 bits per heavy atom. The second-order valence-corrected chi connectivity index (χ2v) is 5.85. The third-order valence-corrected chi connectivity index (χ3v) is 4.59. The van der Waals surface area contributed by atoms with Crippen LogP contribution in [0.15, 0.2) is 40.9 Å². The monoisotopic (exact) mass is 356 g/mol. The molecule has 2 aromatic rings. The van der Waals surface area contributed by atoms with Gasteiger partial charge in [-0.1, -0.05) is 41.9 Å². The molecule has 0 amide bonds. The maximum atomic E-state index is 14.2. The summed E-state index contributed by atoms with van der Waals surface area (Å²) >= 11 is 9.13. The largest absolute Gasteiger partial charge is 0.271 e. The van der Waals surface area contributed by atoms with Crippen LogP contribution in [0.2, 0.25) is 5.02 Å². The van der Waals surface area contributed by atoms with Crippen LogP contribution in [0.5, 0.6) is 0 Å². The van der Waals surface area contributed by atoms with Gasteiger partial charge in [0.1, 0.15) is 5.82 Å². The zero-order valence-corrected chi connectivity index (χ0v) is 13.3. The predicted octanol–water partition coefficient (Wildman–Crippen LogP) is 4.30. The number of halogens is 3. The normalized spacial score (nSPS) is 12.4. The highest BCUT2D eigenvalue weighted by atomic mass is 79.9. The Morgan fingerprint density at radius 3 is 2.65 bits per heavy atom. The van der Waals surface area contributed by atoms with E-state index < -0.39 is 5.82 Å². The minimum absolute atomic E-state index is 0.0764. The molecule has 0 aliphatic carbocycles. The van der Waals surface area contributed by atoms with Crippen LogP contribution in [0.4, 0.5) is 4.39 Å². The molecule has 0 saturated carbocycles. The average molecular weight is 358 g/mol. The summed E-state index contributed by atoms with van der Waals surface area (Å²) in [6.45, 7) is 2.02. The van der Waals surface area contributed by atoms with Crippen LogP contribution in [-0.4, -0.2) is 0 Å². The average Bonchev–Trinajstić information content (AvgIpc) is 2.45. The molecule has 20 heavy (non-hydrogen) atoms. The van der Waals surface area contributed by atoms with Gasteiger partial charge in [-0.15, -0.1) is 0 Å². The predicted molar refractivity (Wildman–Crippen MR) is 84.1 cm³/mol. The lowest BCUT2D eigenvalue weighted by atomic mass is 9.96. The first-order chi connectivity index (χ1) is 9.54. The van der Waals surface area contributed by atoms with E-state index in [4.69, 9.17) is 17.4 Å². The summed E-state index contributed by atoms with van der Waals surface area (Å²) in [5.74, 6) is 5.14. The number of hydrogen-bond acceptors (Lipinski definition) is 2. The quantitative estimate of drug-likeness (QED) is 0.486. The topological polar surface area (TPSA) is 38.0 Å². The van der Waals surface area contributed by atoms with Gasteiger partial charge in [0.2, 0.25) is 0 Å². The molecule has 0 radical (unpaired) electrons. The van der Waals surface area contributed by atoms with Gasteiger partial charge in [0, 0.05) is 10.0 Å². The molecule has 0 heterocycles. The van der Waals surface area contributed by atoms with Gasteiger partial charge in [0.05, 0.1) is 11.1 Å². The summed E-state index contributed by atoms with van der Waals surface area (Å²) in [7, 11) is 0. The van der Waals surface area contributed by atoms with Gasteiger partial charge < -0.3 is 0 Å². The van der Waals surface area contributed by atoms with Crippen molar-refractivity contribution in [3.8, 4) is 0 Å². The second-order valence-electron chi connectivity index (χ2n) is 4.61. The minimum atomic E-state index is -0.447. The Labute approximate surface area is 131 Å². The van der Waals surface area contributed by atoms with Crippen molar-refractivity contribution in [2.75, 3.05) is 0 Å². The van der Waals surface area contributed by atoms with Gasteiger partial charge in [-0.25, -0.2) is 4.39 Å². The molecule has 2 rings (SSSR count). The van der Waals surface area contributed by atoms with Gasteiger partial charge in [-0.3, -0.25) is 11.3 Å². The first-order valence-corrected chi connectivity index (χ1v) is 7.35. The second kappa shape index (κ2) is 6.68. The Kier molecular flexibility index (Phi) is 5.16. The highest BCUT2D eigenvalue weighted by Crippen LogP contribution is 2.31. The third kappa shape index (κ3) is 3.20. The Morgan fingerprint density at radius 2 is 2.00 bits per heavy atom. The molecule has 0 aromatic heterocycles. The molecule has 1 atom stereocenters. The van der Waals surface area contributed by atoms with Gasteiger partial charge in [-0.05, 0) is 46.5 Å². The molecule has 0 fully saturated rings. The van der Waals surface area contributed by atoms with E-state index in [-0.39, 0.29) is 11.1 Å². The zero-order valence-electron chi connectivity index (χ0n) is 11.0. The molecule has 2 nitrogen and oxygen atoms in total. The smallest absolute Gasteiger partial charge is 0.147 e. The molecule has 0 spiro atoms. The van der Waals surface area contributed by atoms with E-state index in [2.05, 4.69) is 21.4 Å². The summed E-state index contributed by atoms with van der Waals surface area (Å²) in [5.41, 5.74) is 5.40. The van der Waals surface area contributed by atoms with E-state index in [9.17, 15) is 4.39 Å². The molecule has 0 aliphatic heterocycles. The van der Waals surface area contributed by atoms with Crippen LogP contribution in [0, 0.1) is 12.7 Å². The van der Waals surface area contributed by atoms with Crippen molar-refractivity contribution in [3.63, 3.8) is 0 Å². The number of nitrogens with two attached hydrogens (primary N) is 1. The number of nitrogens with one attached hydrogen (secondary N) is 1. The molecule has 2 aromatic carbocycles. The maximum Gasteiger partial charge on any atom is 0.147 e. The van der Waals surface area contributed by atoms with Gasteiger partial charge in [0.15, 0.2) is 0 Å². The van der Waals surface area contributed by atoms with Crippen molar-refractivity contribution in [3.05, 3.63) is 68.4 Å². The number of hydrogen-bond donors (Lipinski definition) is 2. The van der Waals surface area contributed by atoms with Crippen molar-refractivity contribution in [1.29, 1.82) is 0 Å². The van der Waals surface area contributed by atoms with Crippen LogP contribution in [0.1, 0.15) is 22.7 Å². The lowest BCUT2D eigenvalue weighted by Crippen LogP contribution is -2.30. The minimum Gasteiger partial charge on any atom is -0.271 e. The summed E-state index contributed by atoms with van der Waals surface area (Å²) in [5, 5.41) is 0.0764. The van der Waals surface area contributed by atoms with Crippen LogP contribution in [-0.2, 0) is 6.42 Å². The lowest BCUT2D eigenvalue weighted by molar-refractivity contribution is 0.510. The molecule has 3 N–H and O–H groups in total. The SMILES string of the molecule is Cc1ccccc1CC(NN)c1ccc(Br)c(Cl)c1F.